The highest BCUT2D eigenvalue weighted by Crippen LogP contribution is 2.34. The maximum Gasteiger partial charge on any atom is 0.164 e. The van der Waals surface area contributed by atoms with E-state index >= 15 is 0 Å². The number of benzene rings is 5. The Morgan fingerprint density at radius 2 is 1.09 bits per heavy atom. The number of nitrogens with zero attached hydrogens (tertiary/aromatic N) is 5. The lowest BCUT2D eigenvalue weighted by atomic mass is 10.1. The molecule has 4 aromatic heterocycles. The first kappa shape index (κ1) is 24.5. The van der Waals surface area contributed by atoms with Crippen molar-refractivity contribution < 1.29 is 4.42 Å². The molecule has 44 heavy (non-hydrogen) atoms. The minimum Gasteiger partial charge on any atom is -0.456 e. The van der Waals surface area contributed by atoms with Crippen LogP contribution in [0.15, 0.2) is 144 Å². The summed E-state index contributed by atoms with van der Waals surface area (Å²) in [6.07, 6.45) is 3.57. The van der Waals surface area contributed by atoms with Crippen molar-refractivity contribution in [2.24, 2.45) is 0 Å². The van der Waals surface area contributed by atoms with Crippen LogP contribution < -0.4 is 0 Å². The quantitative estimate of drug-likeness (QED) is 0.213. The number of para-hydroxylation sites is 2. The maximum atomic E-state index is 6.16. The van der Waals surface area contributed by atoms with E-state index in [1.54, 1.807) is 6.20 Å². The summed E-state index contributed by atoms with van der Waals surface area (Å²) in [6, 6.07) is 43.4. The summed E-state index contributed by atoms with van der Waals surface area (Å²) in [4.78, 5) is 19.2. The van der Waals surface area contributed by atoms with Crippen molar-refractivity contribution in [3.05, 3.63) is 140 Å². The first-order valence-electron chi connectivity index (χ1n) is 14.5. The van der Waals surface area contributed by atoms with Crippen LogP contribution in [0.3, 0.4) is 0 Å². The van der Waals surface area contributed by atoms with E-state index in [0.717, 1.165) is 55.3 Å². The van der Waals surface area contributed by atoms with E-state index in [4.69, 9.17) is 19.4 Å². The smallest absolute Gasteiger partial charge is 0.164 e. The molecule has 0 saturated carbocycles. The Balaban J connectivity index is 1.24. The van der Waals surface area contributed by atoms with Gasteiger partial charge in [0.2, 0.25) is 0 Å². The second-order valence-electron chi connectivity index (χ2n) is 10.8. The standard InChI is InChI=1S/C38H23N5O/c1-2-9-24(10-3-1)36-40-37(42-38(41-36)26-17-18-30-31-23-39-20-19-34(31)44-35(30)22-26)25-11-8-12-27(21-25)43-32-15-6-4-13-28(32)29-14-5-7-16-33(29)43/h1-23H. The van der Waals surface area contributed by atoms with Gasteiger partial charge in [-0.1, -0.05) is 84.9 Å². The number of fused-ring (bicyclic) bond motifs is 6. The molecule has 0 fully saturated rings. The van der Waals surface area contributed by atoms with E-state index in [-0.39, 0.29) is 0 Å². The largest absolute Gasteiger partial charge is 0.456 e. The fourth-order valence-electron chi connectivity index (χ4n) is 6.10. The van der Waals surface area contributed by atoms with E-state index in [9.17, 15) is 0 Å². The highest BCUT2D eigenvalue weighted by atomic mass is 16.3. The van der Waals surface area contributed by atoms with Crippen LogP contribution in [0.5, 0.6) is 0 Å². The predicted molar refractivity (Wildman–Crippen MR) is 176 cm³/mol. The Kier molecular flexibility index (Phi) is 5.40. The number of hydrogen-bond acceptors (Lipinski definition) is 5. The first-order valence-corrected chi connectivity index (χ1v) is 14.5. The summed E-state index contributed by atoms with van der Waals surface area (Å²) in [5, 5.41) is 4.43. The third-order valence-corrected chi connectivity index (χ3v) is 8.14. The Morgan fingerprint density at radius 1 is 0.455 bits per heavy atom. The van der Waals surface area contributed by atoms with Gasteiger partial charge in [0.1, 0.15) is 11.2 Å². The van der Waals surface area contributed by atoms with Gasteiger partial charge in [-0.05, 0) is 42.5 Å². The lowest BCUT2D eigenvalue weighted by molar-refractivity contribution is 0.668. The van der Waals surface area contributed by atoms with E-state index in [2.05, 4.69) is 82.3 Å². The van der Waals surface area contributed by atoms with Crippen LogP contribution in [0.1, 0.15) is 0 Å². The highest BCUT2D eigenvalue weighted by Gasteiger charge is 2.16. The van der Waals surface area contributed by atoms with Crippen molar-refractivity contribution in [1.82, 2.24) is 24.5 Å². The van der Waals surface area contributed by atoms with Crippen LogP contribution in [0.2, 0.25) is 0 Å². The number of hydrogen-bond donors (Lipinski definition) is 0. The van der Waals surface area contributed by atoms with Gasteiger partial charge in [0, 0.05) is 56.3 Å². The van der Waals surface area contributed by atoms with Crippen molar-refractivity contribution in [3.63, 3.8) is 0 Å². The molecule has 5 aromatic carbocycles. The number of furan rings is 1. The third kappa shape index (κ3) is 3.89. The summed E-state index contributed by atoms with van der Waals surface area (Å²) >= 11 is 0. The van der Waals surface area contributed by atoms with Crippen molar-refractivity contribution in [2.45, 2.75) is 0 Å². The summed E-state index contributed by atoms with van der Waals surface area (Å²) in [5.41, 5.74) is 7.60. The zero-order chi connectivity index (χ0) is 29.0. The van der Waals surface area contributed by atoms with Gasteiger partial charge in [0.25, 0.3) is 0 Å². The Morgan fingerprint density at radius 3 is 1.84 bits per heavy atom. The monoisotopic (exact) mass is 565 g/mol. The fraction of sp³-hybridized carbons (Fsp3) is 0. The van der Waals surface area contributed by atoms with Crippen LogP contribution in [0.4, 0.5) is 0 Å². The molecular weight excluding hydrogens is 542 g/mol. The zero-order valence-electron chi connectivity index (χ0n) is 23.4. The summed E-state index contributed by atoms with van der Waals surface area (Å²) in [7, 11) is 0. The van der Waals surface area contributed by atoms with Gasteiger partial charge in [-0.2, -0.15) is 0 Å². The molecule has 6 nitrogen and oxygen atoms in total. The van der Waals surface area contributed by atoms with Crippen LogP contribution in [0, 0.1) is 0 Å². The number of aromatic nitrogens is 5. The van der Waals surface area contributed by atoms with Gasteiger partial charge in [-0.15, -0.1) is 0 Å². The molecule has 0 saturated heterocycles. The van der Waals surface area contributed by atoms with Gasteiger partial charge >= 0.3 is 0 Å². The van der Waals surface area contributed by atoms with Gasteiger partial charge in [-0.3, -0.25) is 4.98 Å². The average molecular weight is 566 g/mol. The summed E-state index contributed by atoms with van der Waals surface area (Å²) in [5.74, 6) is 1.80. The molecular formula is C38H23N5O. The van der Waals surface area contributed by atoms with Crippen molar-refractivity contribution in [1.29, 1.82) is 0 Å². The molecule has 0 radical (unpaired) electrons. The van der Waals surface area contributed by atoms with E-state index < -0.39 is 0 Å². The Bertz CT molecular complexity index is 2460. The average Bonchev–Trinajstić information content (AvgIpc) is 3.64. The van der Waals surface area contributed by atoms with Gasteiger partial charge < -0.3 is 8.98 Å². The van der Waals surface area contributed by atoms with Gasteiger partial charge in [-0.25, -0.2) is 15.0 Å². The fourth-order valence-corrected chi connectivity index (χ4v) is 6.10. The van der Waals surface area contributed by atoms with Crippen molar-refractivity contribution in [2.75, 3.05) is 0 Å². The number of pyridine rings is 1. The molecule has 206 valence electrons. The lowest BCUT2D eigenvalue weighted by Crippen LogP contribution is -2.01. The molecule has 0 amide bonds. The molecule has 9 aromatic rings. The molecule has 0 aliphatic rings. The number of rotatable bonds is 4. The third-order valence-electron chi connectivity index (χ3n) is 8.14. The van der Waals surface area contributed by atoms with Crippen LogP contribution >= 0.6 is 0 Å². The minimum absolute atomic E-state index is 0.580. The van der Waals surface area contributed by atoms with Gasteiger partial charge in [0.15, 0.2) is 17.5 Å². The maximum absolute atomic E-state index is 6.16. The Labute approximate surface area is 251 Å². The molecule has 0 spiro atoms. The molecule has 0 N–H and O–H groups in total. The molecule has 0 aliphatic carbocycles. The van der Waals surface area contributed by atoms with E-state index in [1.165, 1.54) is 10.8 Å². The van der Waals surface area contributed by atoms with E-state index in [1.807, 2.05) is 60.8 Å². The minimum atomic E-state index is 0.580. The van der Waals surface area contributed by atoms with Crippen LogP contribution in [0.25, 0.3) is 83.6 Å². The molecule has 6 heteroatoms. The first-order chi connectivity index (χ1) is 21.8. The summed E-state index contributed by atoms with van der Waals surface area (Å²) < 4.78 is 8.46. The molecule has 4 heterocycles. The molecule has 0 bridgehead atoms. The second-order valence-corrected chi connectivity index (χ2v) is 10.8. The SMILES string of the molecule is c1ccc(-c2nc(-c3cccc(-n4c5ccccc5c5ccccc54)c3)nc(-c3ccc4c(c3)oc3ccncc34)n2)cc1. The van der Waals surface area contributed by atoms with Crippen LogP contribution in [-0.4, -0.2) is 24.5 Å². The topological polar surface area (TPSA) is 69.6 Å². The van der Waals surface area contributed by atoms with Crippen molar-refractivity contribution in [3.8, 4) is 39.9 Å². The Hall–Kier alpha value is -6.14. The zero-order valence-corrected chi connectivity index (χ0v) is 23.4. The lowest BCUT2D eigenvalue weighted by Gasteiger charge is -2.11. The molecule has 0 aliphatic heterocycles. The normalized spacial score (nSPS) is 11.6. The molecule has 0 atom stereocenters. The van der Waals surface area contributed by atoms with Crippen molar-refractivity contribution >= 4 is 43.7 Å². The molecule has 0 unspecified atom stereocenters. The highest BCUT2D eigenvalue weighted by molar-refractivity contribution is 6.09. The van der Waals surface area contributed by atoms with E-state index in [0.29, 0.717) is 17.5 Å². The summed E-state index contributed by atoms with van der Waals surface area (Å²) in [6.45, 7) is 0. The van der Waals surface area contributed by atoms with Crippen LogP contribution in [-0.2, 0) is 0 Å². The van der Waals surface area contributed by atoms with Gasteiger partial charge in [0.05, 0.1) is 11.0 Å². The predicted octanol–water partition coefficient (Wildman–Crippen LogP) is 9.26. The molecule has 9 rings (SSSR count). The second kappa shape index (κ2) is 9.71.